The summed E-state index contributed by atoms with van der Waals surface area (Å²) in [5.74, 6) is 2.18. The van der Waals surface area contributed by atoms with Crippen LogP contribution in [0.3, 0.4) is 0 Å². The van der Waals surface area contributed by atoms with Crippen molar-refractivity contribution < 1.29 is 4.79 Å². The van der Waals surface area contributed by atoms with E-state index in [0.717, 1.165) is 29.9 Å². The lowest BCUT2D eigenvalue weighted by atomic mass is 10.1. The summed E-state index contributed by atoms with van der Waals surface area (Å²) in [6.07, 6.45) is 3.30. The van der Waals surface area contributed by atoms with Gasteiger partial charge in [0.05, 0.1) is 11.9 Å². The largest absolute Gasteiger partial charge is 0.370 e. The first-order valence-electron chi connectivity index (χ1n) is 10.4. The fourth-order valence-electron chi connectivity index (χ4n) is 3.80. The Morgan fingerprint density at radius 1 is 1.00 bits per heavy atom. The second-order valence-electron chi connectivity index (χ2n) is 7.44. The number of aromatic nitrogens is 3. The minimum absolute atomic E-state index is 0.176. The van der Waals surface area contributed by atoms with E-state index in [1.807, 2.05) is 48.2 Å². The van der Waals surface area contributed by atoms with Gasteiger partial charge in [0.2, 0.25) is 0 Å². The Balaban J connectivity index is 1.30. The maximum atomic E-state index is 12.8. The second-order valence-corrected chi connectivity index (χ2v) is 8.66. The van der Waals surface area contributed by atoms with Gasteiger partial charge in [0.25, 0.3) is 5.91 Å². The highest BCUT2D eigenvalue weighted by molar-refractivity contribution is 7.99. The highest BCUT2D eigenvalue weighted by Crippen LogP contribution is 2.21. The van der Waals surface area contributed by atoms with E-state index in [2.05, 4.69) is 44.6 Å². The van der Waals surface area contributed by atoms with Gasteiger partial charge in [-0.3, -0.25) is 4.79 Å². The van der Waals surface area contributed by atoms with Crippen molar-refractivity contribution in [2.45, 2.75) is 6.54 Å². The van der Waals surface area contributed by atoms with Crippen LogP contribution in [-0.4, -0.2) is 45.1 Å². The van der Waals surface area contributed by atoms with Gasteiger partial charge in [-0.25, -0.2) is 9.50 Å². The molecule has 156 valence electrons. The van der Waals surface area contributed by atoms with Gasteiger partial charge in [0, 0.05) is 48.6 Å². The number of thioether (sulfide) groups is 1. The molecule has 2 aromatic carbocycles. The van der Waals surface area contributed by atoms with Crippen molar-refractivity contribution in [3.8, 4) is 11.3 Å². The molecule has 5 rings (SSSR count). The molecule has 1 amide bonds. The molecule has 0 saturated carbocycles. The van der Waals surface area contributed by atoms with Gasteiger partial charge in [-0.2, -0.15) is 16.9 Å². The van der Waals surface area contributed by atoms with Gasteiger partial charge in [-0.15, -0.1) is 0 Å². The zero-order chi connectivity index (χ0) is 21.0. The molecule has 1 saturated heterocycles. The molecular weight excluding hydrogens is 406 g/mol. The summed E-state index contributed by atoms with van der Waals surface area (Å²) in [5, 5.41) is 7.42. The standard InChI is InChI=1S/C24H23N5OS/c30-24(26-16-18-6-8-20(9-7-18)28-12-14-31-15-13-28)21-17-27-29-22(10-11-25-23(21)29)19-4-2-1-3-5-19/h1-11,17H,12-16H2,(H,26,30). The van der Waals surface area contributed by atoms with Crippen molar-refractivity contribution >= 4 is 29.0 Å². The third-order valence-electron chi connectivity index (χ3n) is 5.48. The Morgan fingerprint density at radius 3 is 2.55 bits per heavy atom. The van der Waals surface area contributed by atoms with Gasteiger partial charge in [-0.05, 0) is 23.8 Å². The maximum absolute atomic E-state index is 12.8. The van der Waals surface area contributed by atoms with Crippen LogP contribution in [0.4, 0.5) is 5.69 Å². The summed E-state index contributed by atoms with van der Waals surface area (Å²) in [4.78, 5) is 19.6. The van der Waals surface area contributed by atoms with E-state index in [0.29, 0.717) is 17.8 Å². The van der Waals surface area contributed by atoms with Gasteiger partial charge >= 0.3 is 0 Å². The van der Waals surface area contributed by atoms with E-state index >= 15 is 0 Å². The third-order valence-corrected chi connectivity index (χ3v) is 6.42. The number of fused-ring (bicyclic) bond motifs is 1. The molecule has 0 radical (unpaired) electrons. The minimum atomic E-state index is -0.176. The number of anilines is 1. The third kappa shape index (κ3) is 4.14. The summed E-state index contributed by atoms with van der Waals surface area (Å²) in [6, 6.07) is 20.3. The molecule has 3 heterocycles. The van der Waals surface area contributed by atoms with Crippen LogP contribution in [0.15, 0.2) is 73.1 Å². The number of carbonyl (C=O) groups is 1. The molecule has 1 aliphatic heterocycles. The topological polar surface area (TPSA) is 62.5 Å². The van der Waals surface area contributed by atoms with E-state index in [9.17, 15) is 4.79 Å². The van der Waals surface area contributed by atoms with Crippen LogP contribution in [0.25, 0.3) is 16.9 Å². The van der Waals surface area contributed by atoms with Crippen LogP contribution in [0.2, 0.25) is 0 Å². The molecule has 1 N–H and O–H groups in total. The quantitative estimate of drug-likeness (QED) is 0.522. The molecular formula is C24H23N5OS. The van der Waals surface area contributed by atoms with Crippen LogP contribution in [0.5, 0.6) is 0 Å². The summed E-state index contributed by atoms with van der Waals surface area (Å²) in [7, 11) is 0. The molecule has 7 heteroatoms. The molecule has 0 bridgehead atoms. The molecule has 0 atom stereocenters. The molecule has 6 nitrogen and oxygen atoms in total. The highest BCUT2D eigenvalue weighted by Gasteiger charge is 2.16. The Morgan fingerprint density at radius 2 is 1.77 bits per heavy atom. The van der Waals surface area contributed by atoms with Crippen LogP contribution in [0, 0.1) is 0 Å². The molecule has 0 unspecified atom stereocenters. The molecule has 31 heavy (non-hydrogen) atoms. The lowest BCUT2D eigenvalue weighted by Crippen LogP contribution is -2.32. The van der Waals surface area contributed by atoms with Gasteiger partial charge in [0.15, 0.2) is 5.65 Å². The van der Waals surface area contributed by atoms with E-state index in [1.54, 1.807) is 16.9 Å². The minimum Gasteiger partial charge on any atom is -0.370 e. The number of rotatable bonds is 5. The summed E-state index contributed by atoms with van der Waals surface area (Å²) >= 11 is 2.01. The van der Waals surface area contributed by atoms with Crippen LogP contribution >= 0.6 is 11.8 Å². The van der Waals surface area contributed by atoms with Crippen molar-refractivity contribution in [3.05, 3.63) is 84.2 Å². The first kappa shape index (κ1) is 19.6. The van der Waals surface area contributed by atoms with E-state index in [-0.39, 0.29) is 5.91 Å². The number of amides is 1. The number of carbonyl (C=O) groups excluding carboxylic acids is 1. The van der Waals surface area contributed by atoms with Crippen molar-refractivity contribution in [2.75, 3.05) is 29.5 Å². The summed E-state index contributed by atoms with van der Waals surface area (Å²) in [5.41, 5.74) is 5.26. The van der Waals surface area contributed by atoms with Crippen LogP contribution in [-0.2, 0) is 6.54 Å². The van der Waals surface area contributed by atoms with Crippen molar-refractivity contribution in [1.82, 2.24) is 19.9 Å². The lowest BCUT2D eigenvalue weighted by molar-refractivity contribution is 0.0952. The second kappa shape index (κ2) is 8.81. The predicted molar refractivity (Wildman–Crippen MR) is 126 cm³/mol. The van der Waals surface area contributed by atoms with Gasteiger partial charge in [0.1, 0.15) is 5.56 Å². The molecule has 0 aliphatic carbocycles. The maximum Gasteiger partial charge on any atom is 0.257 e. The number of nitrogens with zero attached hydrogens (tertiary/aromatic N) is 4. The Kier molecular flexibility index (Phi) is 5.58. The fourth-order valence-corrected chi connectivity index (χ4v) is 4.71. The van der Waals surface area contributed by atoms with Crippen molar-refractivity contribution in [3.63, 3.8) is 0 Å². The van der Waals surface area contributed by atoms with Gasteiger partial charge < -0.3 is 10.2 Å². The SMILES string of the molecule is O=C(NCc1ccc(N2CCSCC2)cc1)c1cnn2c(-c3ccccc3)ccnc12. The Bertz CT molecular complexity index is 1180. The highest BCUT2D eigenvalue weighted by atomic mass is 32.2. The zero-order valence-corrected chi connectivity index (χ0v) is 17.9. The molecule has 0 spiro atoms. The number of nitrogens with one attached hydrogen (secondary N) is 1. The first-order chi connectivity index (χ1) is 15.3. The fraction of sp³-hybridized carbons (Fsp3) is 0.208. The van der Waals surface area contributed by atoms with E-state index < -0.39 is 0 Å². The Hall–Kier alpha value is -3.32. The Labute approximate surface area is 185 Å². The number of benzene rings is 2. The van der Waals surface area contributed by atoms with Gasteiger partial charge in [-0.1, -0.05) is 42.5 Å². The number of hydrogen-bond donors (Lipinski definition) is 1. The molecule has 4 aromatic rings. The predicted octanol–water partition coefficient (Wildman–Crippen LogP) is 3.88. The van der Waals surface area contributed by atoms with E-state index in [1.165, 1.54) is 17.2 Å². The molecule has 1 aliphatic rings. The lowest BCUT2D eigenvalue weighted by Gasteiger charge is -2.28. The normalized spacial score (nSPS) is 14.0. The first-order valence-corrected chi connectivity index (χ1v) is 11.5. The smallest absolute Gasteiger partial charge is 0.257 e. The average Bonchev–Trinajstić information content (AvgIpc) is 3.28. The monoisotopic (exact) mass is 429 g/mol. The molecule has 1 fully saturated rings. The van der Waals surface area contributed by atoms with E-state index in [4.69, 9.17) is 0 Å². The summed E-state index contributed by atoms with van der Waals surface area (Å²) in [6.45, 7) is 2.64. The zero-order valence-electron chi connectivity index (χ0n) is 17.1. The van der Waals surface area contributed by atoms with Crippen molar-refractivity contribution in [1.29, 1.82) is 0 Å². The number of hydrogen-bond acceptors (Lipinski definition) is 5. The van der Waals surface area contributed by atoms with Crippen molar-refractivity contribution in [2.24, 2.45) is 0 Å². The average molecular weight is 430 g/mol. The van der Waals surface area contributed by atoms with Crippen LogP contribution < -0.4 is 10.2 Å². The summed E-state index contributed by atoms with van der Waals surface area (Å²) < 4.78 is 1.72. The van der Waals surface area contributed by atoms with Crippen LogP contribution in [0.1, 0.15) is 15.9 Å². The molecule has 2 aromatic heterocycles.